The van der Waals surface area contributed by atoms with Crippen LogP contribution in [0, 0.1) is 5.92 Å². The second-order valence-electron chi connectivity index (χ2n) is 6.98. The summed E-state index contributed by atoms with van der Waals surface area (Å²) in [6.45, 7) is 3.01. The highest BCUT2D eigenvalue weighted by Crippen LogP contribution is 2.31. The van der Waals surface area contributed by atoms with Crippen LogP contribution in [-0.2, 0) is 9.59 Å². The van der Waals surface area contributed by atoms with Gasteiger partial charge in [-0.15, -0.1) is 0 Å². The Morgan fingerprint density at radius 3 is 2.59 bits per heavy atom. The number of anilines is 2. The van der Waals surface area contributed by atoms with Crippen molar-refractivity contribution in [1.82, 2.24) is 5.32 Å². The molecule has 2 aromatic rings. The molecule has 0 aliphatic carbocycles. The lowest BCUT2D eigenvalue weighted by Gasteiger charge is -2.25. The minimum atomic E-state index is -0.363. The number of benzene rings is 2. The van der Waals surface area contributed by atoms with E-state index in [2.05, 4.69) is 10.2 Å². The summed E-state index contributed by atoms with van der Waals surface area (Å²) in [5, 5.41) is 3.56. The Morgan fingerprint density at radius 1 is 1.22 bits per heavy atom. The molecule has 1 N–H and O–H groups in total. The van der Waals surface area contributed by atoms with E-state index in [-0.39, 0.29) is 30.2 Å². The smallest absolute Gasteiger partial charge is 0.227 e. The summed E-state index contributed by atoms with van der Waals surface area (Å²) in [6.07, 6.45) is 0.207. The largest absolute Gasteiger partial charge is 0.373 e. The topological polar surface area (TPSA) is 52.7 Å². The van der Waals surface area contributed by atoms with Crippen LogP contribution in [0.4, 0.5) is 11.4 Å². The van der Waals surface area contributed by atoms with Gasteiger partial charge in [-0.1, -0.05) is 41.9 Å². The molecule has 27 heavy (non-hydrogen) atoms. The van der Waals surface area contributed by atoms with Gasteiger partial charge in [0.2, 0.25) is 11.8 Å². The molecule has 3 rings (SSSR count). The monoisotopic (exact) mass is 385 g/mol. The van der Waals surface area contributed by atoms with E-state index in [4.69, 9.17) is 11.6 Å². The van der Waals surface area contributed by atoms with E-state index in [9.17, 15) is 9.59 Å². The molecule has 0 spiro atoms. The van der Waals surface area contributed by atoms with Crippen molar-refractivity contribution in [3.05, 3.63) is 59.6 Å². The first kappa shape index (κ1) is 19.2. The van der Waals surface area contributed by atoms with E-state index in [0.29, 0.717) is 23.8 Å². The third-order valence-corrected chi connectivity index (χ3v) is 5.09. The maximum atomic E-state index is 12.6. The number of nitrogens with zero attached hydrogens (tertiary/aromatic N) is 2. The first-order valence-electron chi connectivity index (χ1n) is 9.07. The van der Waals surface area contributed by atoms with Crippen molar-refractivity contribution in [2.45, 2.75) is 19.4 Å². The molecule has 6 heteroatoms. The quantitative estimate of drug-likeness (QED) is 0.829. The van der Waals surface area contributed by atoms with Crippen LogP contribution in [0.3, 0.4) is 0 Å². The molecule has 2 atom stereocenters. The summed E-state index contributed by atoms with van der Waals surface area (Å²) in [5.41, 5.74) is 1.76. The van der Waals surface area contributed by atoms with Gasteiger partial charge in [-0.2, -0.15) is 0 Å². The summed E-state index contributed by atoms with van der Waals surface area (Å²) in [4.78, 5) is 28.7. The Kier molecular flexibility index (Phi) is 6.01. The molecule has 0 bridgehead atoms. The van der Waals surface area contributed by atoms with Crippen molar-refractivity contribution in [3.8, 4) is 0 Å². The lowest BCUT2D eigenvalue weighted by molar-refractivity contribution is -0.126. The zero-order valence-electron chi connectivity index (χ0n) is 15.6. The molecule has 1 heterocycles. The van der Waals surface area contributed by atoms with Crippen molar-refractivity contribution in [2.75, 3.05) is 29.9 Å². The van der Waals surface area contributed by atoms with Crippen LogP contribution < -0.4 is 15.1 Å². The summed E-state index contributed by atoms with van der Waals surface area (Å²) >= 11 is 6.20. The number of rotatable bonds is 6. The highest BCUT2D eigenvalue weighted by atomic mass is 35.5. The molecule has 0 saturated carbocycles. The molecule has 0 radical (unpaired) electrons. The molecule has 0 unspecified atom stereocenters. The zero-order chi connectivity index (χ0) is 19.4. The van der Waals surface area contributed by atoms with Crippen LogP contribution in [0.2, 0.25) is 5.02 Å². The predicted molar refractivity (Wildman–Crippen MR) is 109 cm³/mol. The minimum absolute atomic E-state index is 0.0350. The Hall–Kier alpha value is -2.53. The van der Waals surface area contributed by atoms with E-state index in [1.807, 2.05) is 56.4 Å². The van der Waals surface area contributed by atoms with Crippen LogP contribution in [0.15, 0.2) is 54.6 Å². The highest BCUT2D eigenvalue weighted by Gasteiger charge is 2.36. The van der Waals surface area contributed by atoms with Crippen LogP contribution >= 0.6 is 11.6 Å². The average molecular weight is 386 g/mol. The molecule has 1 aliphatic rings. The van der Waals surface area contributed by atoms with Crippen LogP contribution in [0.1, 0.15) is 13.3 Å². The van der Waals surface area contributed by atoms with E-state index in [0.717, 1.165) is 5.69 Å². The summed E-state index contributed by atoms with van der Waals surface area (Å²) < 4.78 is 0. The second-order valence-corrected chi connectivity index (χ2v) is 7.39. The van der Waals surface area contributed by atoms with E-state index in [1.165, 1.54) is 0 Å². The Labute approximate surface area is 164 Å². The maximum Gasteiger partial charge on any atom is 0.227 e. The number of amides is 2. The van der Waals surface area contributed by atoms with E-state index in [1.54, 1.807) is 17.0 Å². The number of para-hydroxylation sites is 2. The third kappa shape index (κ3) is 4.61. The lowest BCUT2D eigenvalue weighted by Crippen LogP contribution is -2.43. The van der Waals surface area contributed by atoms with Gasteiger partial charge in [0, 0.05) is 38.3 Å². The predicted octanol–water partition coefficient (Wildman–Crippen LogP) is 3.33. The molecule has 0 aromatic heterocycles. The maximum absolute atomic E-state index is 12.6. The Morgan fingerprint density at radius 2 is 1.89 bits per heavy atom. The number of carbonyl (C=O) groups is 2. The first-order valence-corrected chi connectivity index (χ1v) is 9.45. The summed E-state index contributed by atoms with van der Waals surface area (Å²) in [5.74, 6) is -0.526. The van der Waals surface area contributed by atoms with Gasteiger partial charge in [0.15, 0.2) is 0 Å². The van der Waals surface area contributed by atoms with E-state index >= 15 is 0 Å². The highest BCUT2D eigenvalue weighted by molar-refractivity contribution is 6.33. The number of hydrogen-bond acceptors (Lipinski definition) is 3. The molecular formula is C21H24ClN3O2. The fraction of sp³-hybridized carbons (Fsp3) is 0.333. The van der Waals surface area contributed by atoms with Crippen molar-refractivity contribution in [1.29, 1.82) is 0 Å². The molecule has 5 nitrogen and oxygen atoms in total. The SMILES string of the molecule is C[C@@H](CN(C)c1ccccc1)NC(=O)[C@H]1CC(=O)N(c2ccccc2Cl)C1. The van der Waals surface area contributed by atoms with Crippen molar-refractivity contribution in [2.24, 2.45) is 5.92 Å². The molecule has 2 amide bonds. The number of hydrogen-bond donors (Lipinski definition) is 1. The molecule has 1 aliphatic heterocycles. The number of halogens is 1. The van der Waals surface area contributed by atoms with Gasteiger partial charge in [-0.3, -0.25) is 9.59 Å². The number of carbonyl (C=O) groups excluding carboxylic acids is 2. The van der Waals surface area contributed by atoms with Gasteiger partial charge >= 0.3 is 0 Å². The lowest BCUT2D eigenvalue weighted by atomic mass is 10.1. The molecule has 1 fully saturated rings. The standard InChI is InChI=1S/C21H24ClN3O2/c1-15(13-24(2)17-8-4-3-5-9-17)23-21(27)16-12-20(26)25(14-16)19-11-7-6-10-18(19)22/h3-11,15-16H,12-14H2,1-2H3,(H,23,27)/t15-,16-/m0/s1. The summed E-state index contributed by atoms with van der Waals surface area (Å²) in [6, 6.07) is 17.2. The fourth-order valence-corrected chi connectivity index (χ4v) is 3.63. The second kappa shape index (κ2) is 8.44. The van der Waals surface area contributed by atoms with Gasteiger partial charge in [0.1, 0.15) is 0 Å². The fourth-order valence-electron chi connectivity index (χ4n) is 3.39. The Balaban J connectivity index is 1.57. The minimum Gasteiger partial charge on any atom is -0.373 e. The van der Waals surface area contributed by atoms with Crippen molar-refractivity contribution < 1.29 is 9.59 Å². The molecule has 142 valence electrons. The van der Waals surface area contributed by atoms with Gasteiger partial charge in [-0.05, 0) is 31.2 Å². The molecular weight excluding hydrogens is 362 g/mol. The number of nitrogens with one attached hydrogen (secondary N) is 1. The Bertz CT molecular complexity index is 812. The molecule has 1 saturated heterocycles. The van der Waals surface area contributed by atoms with Crippen LogP contribution in [-0.4, -0.2) is 38.0 Å². The van der Waals surface area contributed by atoms with Crippen molar-refractivity contribution in [3.63, 3.8) is 0 Å². The molecule has 2 aromatic carbocycles. The summed E-state index contributed by atoms with van der Waals surface area (Å²) in [7, 11) is 2.00. The van der Waals surface area contributed by atoms with E-state index < -0.39 is 0 Å². The normalized spacial score (nSPS) is 17.7. The van der Waals surface area contributed by atoms with Crippen LogP contribution in [0.25, 0.3) is 0 Å². The van der Waals surface area contributed by atoms with Gasteiger partial charge in [0.05, 0.1) is 16.6 Å². The third-order valence-electron chi connectivity index (χ3n) is 4.77. The first-order chi connectivity index (χ1) is 13.0. The van der Waals surface area contributed by atoms with Gasteiger partial charge < -0.3 is 15.1 Å². The van der Waals surface area contributed by atoms with Crippen molar-refractivity contribution >= 4 is 34.8 Å². The van der Waals surface area contributed by atoms with Crippen LogP contribution in [0.5, 0.6) is 0 Å². The zero-order valence-corrected chi connectivity index (χ0v) is 16.3. The van der Waals surface area contributed by atoms with Gasteiger partial charge in [-0.25, -0.2) is 0 Å². The average Bonchev–Trinajstić information content (AvgIpc) is 3.04. The number of likely N-dealkylation sites (N-methyl/N-ethyl adjacent to an activating group) is 1. The van der Waals surface area contributed by atoms with Gasteiger partial charge in [0.25, 0.3) is 0 Å².